The average Bonchev–Trinajstić information content (AvgIpc) is 3.43. The van der Waals surface area contributed by atoms with E-state index >= 15 is 0 Å². The zero-order valence-corrected chi connectivity index (χ0v) is 27.9. The fraction of sp³-hybridized carbons (Fsp3) is 0.406. The van der Waals surface area contributed by atoms with Gasteiger partial charge in [-0.15, -0.1) is 0 Å². The van der Waals surface area contributed by atoms with E-state index in [1.54, 1.807) is 31.3 Å². The molecule has 3 aromatic rings. The Hall–Kier alpha value is -4.99. The van der Waals surface area contributed by atoms with Gasteiger partial charge in [0, 0.05) is 68.6 Å². The first-order chi connectivity index (χ1) is 22.8. The van der Waals surface area contributed by atoms with Gasteiger partial charge in [0.25, 0.3) is 0 Å². The highest BCUT2D eigenvalue weighted by molar-refractivity contribution is 6.06. The normalized spacial score (nSPS) is 17.1. The zero-order chi connectivity index (χ0) is 34.3. The first-order valence-electron chi connectivity index (χ1n) is 15.3. The summed E-state index contributed by atoms with van der Waals surface area (Å²) in [6.45, 7) is 7.63. The number of rotatable bonds is 11. The van der Waals surface area contributed by atoms with Crippen LogP contribution < -0.4 is 27.8 Å². The van der Waals surface area contributed by atoms with Gasteiger partial charge in [0.05, 0.1) is 43.2 Å². The number of likely N-dealkylation sites (tertiary alicyclic amines) is 1. The van der Waals surface area contributed by atoms with Gasteiger partial charge in [0.2, 0.25) is 5.91 Å². The maximum absolute atomic E-state index is 12.7. The predicted molar refractivity (Wildman–Crippen MR) is 190 cm³/mol. The molecule has 3 heterocycles. The standard InChI is InChI=1S/C25H31N7O3.C6H12N4.CH5N/c1-16-11-22(30-31(16)3)27-13-21(35-5)25(26-2)19-12-28-24-18(19)7-6-8-20(24)29-23(33)15-32-10-9-17(14-32)34-4;7-3-4-9-6(8)10-5-1-2-5;1-2/h6-8,11-13,17,28H,2,9-10,14-15H2,1,3-5H3,(H,29,33);3-5H,1-2,7H2,(H3,8,9,10);2H2,1H3/b25-21+,27-13?;4-3-;. The minimum atomic E-state index is -0.0709. The van der Waals surface area contributed by atoms with E-state index in [-0.39, 0.29) is 12.0 Å². The van der Waals surface area contributed by atoms with Gasteiger partial charge in [-0.3, -0.25) is 19.4 Å². The second kappa shape index (κ2) is 18.2. The maximum atomic E-state index is 12.7. The van der Waals surface area contributed by atoms with Crippen LogP contribution in [0, 0.1) is 6.92 Å². The Morgan fingerprint density at radius 1 is 1.26 bits per heavy atom. The van der Waals surface area contributed by atoms with Crippen molar-refractivity contribution in [2.75, 3.05) is 46.2 Å². The molecule has 0 spiro atoms. The van der Waals surface area contributed by atoms with E-state index in [2.05, 4.69) is 53.0 Å². The Bertz CT molecular complexity index is 1580. The molecule has 15 heteroatoms. The number of methoxy groups -OCH3 is 2. The van der Waals surface area contributed by atoms with E-state index < -0.39 is 0 Å². The van der Waals surface area contributed by atoms with Crippen molar-refractivity contribution in [1.82, 2.24) is 25.0 Å². The molecule has 1 aliphatic carbocycles. The van der Waals surface area contributed by atoms with Gasteiger partial charge in [-0.05, 0) is 46.0 Å². The number of nitrogens with two attached hydrogens (primary N) is 3. The number of guanidine groups is 1. The van der Waals surface area contributed by atoms with Crippen molar-refractivity contribution in [2.24, 2.45) is 39.2 Å². The van der Waals surface area contributed by atoms with Crippen LogP contribution in [-0.2, 0) is 21.3 Å². The van der Waals surface area contributed by atoms with Crippen molar-refractivity contribution in [3.05, 3.63) is 59.9 Å². The molecule has 1 aliphatic heterocycles. The van der Waals surface area contributed by atoms with Crippen LogP contribution in [0.4, 0.5) is 11.5 Å². The molecule has 0 bridgehead atoms. The highest BCUT2D eigenvalue weighted by atomic mass is 16.5. The van der Waals surface area contributed by atoms with Gasteiger partial charge in [-0.25, -0.2) is 9.98 Å². The van der Waals surface area contributed by atoms with Crippen LogP contribution in [0.15, 0.2) is 63.6 Å². The quantitative estimate of drug-likeness (QED) is 0.102. The molecule has 1 atom stereocenters. The smallest absolute Gasteiger partial charge is 0.238 e. The van der Waals surface area contributed by atoms with Crippen molar-refractivity contribution in [3.63, 3.8) is 0 Å². The number of carbonyl (C=O) groups is 1. The number of benzene rings is 1. The molecule has 2 aliphatic rings. The lowest BCUT2D eigenvalue weighted by Crippen LogP contribution is -2.32. The molecule has 2 aromatic heterocycles. The summed E-state index contributed by atoms with van der Waals surface area (Å²) in [6.07, 6.45) is 9.80. The SMILES string of the molecule is C=N/C(=C(\C=Nc1cc(C)n(C)n1)OC)c1c[nH]c2c(NC(=O)CN3CCC(OC)C3)cccc12.CN.N/C=C\NC(N)=NC1CC1. The number of nitrogens with one attached hydrogen (secondary N) is 3. The van der Waals surface area contributed by atoms with Crippen molar-refractivity contribution in [3.8, 4) is 0 Å². The molecule has 1 unspecified atom stereocenters. The van der Waals surface area contributed by atoms with E-state index in [0.29, 0.717) is 41.5 Å². The number of aliphatic imine (C=N–C) groups is 3. The number of aromatic nitrogens is 3. The van der Waals surface area contributed by atoms with Crippen LogP contribution in [-0.4, -0.2) is 97.5 Å². The van der Waals surface area contributed by atoms with Crippen molar-refractivity contribution in [1.29, 1.82) is 0 Å². The molecule has 9 N–H and O–H groups in total. The molecule has 2 fully saturated rings. The van der Waals surface area contributed by atoms with Crippen molar-refractivity contribution >= 4 is 52.9 Å². The predicted octanol–water partition coefficient (Wildman–Crippen LogP) is 2.35. The Morgan fingerprint density at radius 3 is 2.62 bits per heavy atom. The molecule has 15 nitrogen and oxygen atoms in total. The van der Waals surface area contributed by atoms with E-state index in [1.165, 1.54) is 13.2 Å². The lowest BCUT2D eigenvalue weighted by molar-refractivity contribution is -0.117. The maximum Gasteiger partial charge on any atom is 0.238 e. The second-order valence-electron chi connectivity index (χ2n) is 10.7. The number of H-pyrrole nitrogens is 1. The Balaban J connectivity index is 0.000000424. The number of anilines is 1. The third-order valence-corrected chi connectivity index (χ3v) is 7.40. The fourth-order valence-electron chi connectivity index (χ4n) is 4.79. The summed E-state index contributed by atoms with van der Waals surface area (Å²) in [7, 11) is 6.63. The summed E-state index contributed by atoms with van der Waals surface area (Å²) in [5.41, 5.74) is 18.8. The molecule has 47 heavy (non-hydrogen) atoms. The summed E-state index contributed by atoms with van der Waals surface area (Å²) >= 11 is 0. The highest BCUT2D eigenvalue weighted by Gasteiger charge is 2.24. The number of nitrogens with zero attached hydrogens (tertiary/aromatic N) is 6. The first-order valence-corrected chi connectivity index (χ1v) is 15.3. The van der Waals surface area contributed by atoms with E-state index in [0.717, 1.165) is 54.5 Å². The average molecular weight is 649 g/mol. The number of para-hydroxylation sites is 1. The van der Waals surface area contributed by atoms with Gasteiger partial charge in [-0.2, -0.15) is 5.10 Å². The molecular weight excluding hydrogens is 600 g/mol. The van der Waals surface area contributed by atoms with Gasteiger partial charge in [-0.1, -0.05) is 12.1 Å². The molecule has 0 radical (unpaired) electrons. The summed E-state index contributed by atoms with van der Waals surface area (Å²) in [6, 6.07) is 8.05. The van der Waals surface area contributed by atoms with E-state index in [9.17, 15) is 4.79 Å². The largest absolute Gasteiger partial charge is 0.493 e. The third kappa shape index (κ3) is 10.5. The van der Waals surface area contributed by atoms with Crippen LogP contribution in [0.3, 0.4) is 0 Å². The Kier molecular flexibility index (Phi) is 14.1. The fourth-order valence-corrected chi connectivity index (χ4v) is 4.79. The Morgan fingerprint density at radius 2 is 2.02 bits per heavy atom. The summed E-state index contributed by atoms with van der Waals surface area (Å²) < 4.78 is 12.7. The lowest BCUT2D eigenvalue weighted by atomic mass is 10.1. The van der Waals surface area contributed by atoms with Crippen molar-refractivity contribution in [2.45, 2.75) is 38.3 Å². The molecule has 254 valence electrons. The third-order valence-electron chi connectivity index (χ3n) is 7.40. The minimum absolute atomic E-state index is 0.0709. The van der Waals surface area contributed by atoms with Crippen LogP contribution in [0.1, 0.15) is 30.5 Å². The Labute approximate surface area is 275 Å². The van der Waals surface area contributed by atoms with Gasteiger partial charge >= 0.3 is 0 Å². The number of aryl methyl sites for hydroxylation is 2. The van der Waals surface area contributed by atoms with Crippen molar-refractivity contribution < 1.29 is 14.3 Å². The molecule has 1 aromatic carbocycles. The molecule has 1 saturated heterocycles. The van der Waals surface area contributed by atoms with E-state index in [4.69, 9.17) is 20.9 Å². The number of hydrogen-bond acceptors (Lipinski definition) is 10. The summed E-state index contributed by atoms with van der Waals surface area (Å²) in [5, 5.41) is 11.0. The zero-order valence-electron chi connectivity index (χ0n) is 27.9. The lowest BCUT2D eigenvalue weighted by Gasteiger charge is -2.15. The van der Waals surface area contributed by atoms with E-state index in [1.807, 2.05) is 44.4 Å². The monoisotopic (exact) mass is 648 g/mol. The van der Waals surface area contributed by atoms with Crippen LogP contribution in [0.5, 0.6) is 0 Å². The first kappa shape index (κ1) is 36.5. The molecule has 1 saturated carbocycles. The minimum Gasteiger partial charge on any atom is -0.493 e. The number of amides is 1. The second-order valence-corrected chi connectivity index (χ2v) is 10.7. The molecular formula is C32H48N12O3. The summed E-state index contributed by atoms with van der Waals surface area (Å²) in [5.74, 6) is 1.39. The van der Waals surface area contributed by atoms with Gasteiger partial charge in [0.15, 0.2) is 17.5 Å². The topological polar surface area (TPSA) is 212 Å². The van der Waals surface area contributed by atoms with Gasteiger partial charge < -0.3 is 42.3 Å². The number of aromatic amines is 1. The number of carbonyl (C=O) groups excluding carboxylic acids is 1. The number of hydrogen-bond donors (Lipinski definition) is 6. The number of fused-ring (bicyclic) bond motifs is 1. The van der Waals surface area contributed by atoms with Crippen LogP contribution >= 0.6 is 0 Å². The molecule has 5 rings (SSSR count). The summed E-state index contributed by atoms with van der Waals surface area (Å²) in [4.78, 5) is 30.8. The van der Waals surface area contributed by atoms with Gasteiger partial charge in [0.1, 0.15) is 5.70 Å². The highest BCUT2D eigenvalue weighted by Crippen LogP contribution is 2.32. The molecule has 1 amide bonds. The number of allylic oxidation sites excluding steroid dienone is 1. The number of ether oxygens (including phenoxy) is 2. The van der Waals surface area contributed by atoms with Crippen LogP contribution in [0.25, 0.3) is 16.6 Å². The van der Waals surface area contributed by atoms with Crippen LogP contribution in [0.2, 0.25) is 0 Å².